The fraction of sp³-hybridized carbons (Fsp3) is 0.500. The number of hydrogen-bond acceptors (Lipinski definition) is 3. The van der Waals surface area contributed by atoms with E-state index in [1.807, 2.05) is 0 Å². The summed E-state index contributed by atoms with van der Waals surface area (Å²) in [5.41, 5.74) is 0. The Balaban J connectivity index is 0. The van der Waals surface area contributed by atoms with Gasteiger partial charge in [0, 0.05) is 0 Å². The van der Waals surface area contributed by atoms with Gasteiger partial charge in [0.1, 0.15) is 0 Å². The zero-order valence-corrected chi connectivity index (χ0v) is 6.71. The maximum atomic E-state index is 9.62. The lowest BCUT2D eigenvalue weighted by Crippen LogP contribution is -2.06. The summed E-state index contributed by atoms with van der Waals surface area (Å²) in [5.74, 6) is -0.877. The third-order valence-electron chi connectivity index (χ3n) is 0.486. The van der Waals surface area contributed by atoms with Crippen molar-refractivity contribution in [3.63, 3.8) is 0 Å². The molecule has 0 amide bonds. The molecule has 0 heterocycles. The molecule has 0 radical (unpaired) electrons. The molecule has 60 valence electrons. The Kier molecular flexibility index (Phi) is 10.4. The molecule has 10 heavy (non-hydrogen) atoms. The maximum absolute atomic E-state index is 9.62. The van der Waals surface area contributed by atoms with Gasteiger partial charge in [-0.25, -0.2) is 0 Å². The molecule has 1 unspecified atom stereocenters. The molecule has 0 saturated carbocycles. The lowest BCUT2D eigenvalue weighted by Gasteiger charge is -1.88. The Hall–Kier alpha value is -0.480. The van der Waals surface area contributed by atoms with Crippen molar-refractivity contribution < 1.29 is 15.0 Å². The standard InChI is InChI=1S/C3H6O2S.C3H6O/c1-2(6)3(4)5;1-2-3-4/h2,6H,1H3,(H,4,5);2,4H,1,3H2. The Morgan fingerprint density at radius 3 is 2.10 bits per heavy atom. The number of hydrogen-bond donors (Lipinski definition) is 3. The Morgan fingerprint density at radius 2 is 2.10 bits per heavy atom. The monoisotopic (exact) mass is 164 g/mol. The quantitative estimate of drug-likeness (QED) is 0.413. The summed E-state index contributed by atoms with van der Waals surface area (Å²) in [6.45, 7) is 4.82. The Morgan fingerprint density at radius 1 is 1.90 bits per heavy atom. The van der Waals surface area contributed by atoms with E-state index in [1.165, 1.54) is 13.0 Å². The summed E-state index contributed by atoms with van der Waals surface area (Å²) in [4.78, 5) is 9.62. The smallest absolute Gasteiger partial charge is 0.316 e. The summed E-state index contributed by atoms with van der Waals surface area (Å²) in [6, 6.07) is 0. The van der Waals surface area contributed by atoms with Crippen LogP contribution < -0.4 is 0 Å². The lowest BCUT2D eigenvalue weighted by atomic mass is 10.5. The van der Waals surface area contributed by atoms with E-state index in [-0.39, 0.29) is 6.61 Å². The van der Waals surface area contributed by atoms with Crippen LogP contribution in [0.1, 0.15) is 6.92 Å². The van der Waals surface area contributed by atoms with Crippen molar-refractivity contribution >= 4 is 18.6 Å². The molecule has 0 fully saturated rings. The van der Waals surface area contributed by atoms with Crippen LogP contribution in [0.25, 0.3) is 0 Å². The van der Waals surface area contributed by atoms with Gasteiger partial charge in [0.2, 0.25) is 0 Å². The number of rotatable bonds is 2. The molecule has 4 heteroatoms. The highest BCUT2D eigenvalue weighted by Crippen LogP contribution is 1.88. The molecule has 0 rings (SSSR count). The van der Waals surface area contributed by atoms with E-state index in [4.69, 9.17) is 10.2 Å². The van der Waals surface area contributed by atoms with Crippen molar-refractivity contribution in [2.24, 2.45) is 0 Å². The third-order valence-corrected chi connectivity index (χ3v) is 0.707. The number of aliphatic carboxylic acids is 1. The molecule has 0 aromatic rings. The second kappa shape index (κ2) is 8.52. The van der Waals surface area contributed by atoms with Crippen molar-refractivity contribution in [2.75, 3.05) is 6.61 Å². The zero-order chi connectivity index (χ0) is 8.57. The van der Waals surface area contributed by atoms with Gasteiger partial charge >= 0.3 is 5.97 Å². The minimum atomic E-state index is -0.877. The van der Waals surface area contributed by atoms with Crippen LogP contribution in [-0.4, -0.2) is 28.0 Å². The number of carbonyl (C=O) groups is 1. The first-order valence-corrected chi connectivity index (χ1v) is 3.20. The molecule has 0 spiro atoms. The van der Waals surface area contributed by atoms with Crippen LogP contribution >= 0.6 is 12.6 Å². The van der Waals surface area contributed by atoms with Crippen molar-refractivity contribution in [1.82, 2.24) is 0 Å². The van der Waals surface area contributed by atoms with Crippen LogP contribution in [0, 0.1) is 0 Å². The largest absolute Gasteiger partial charge is 0.480 e. The molecule has 0 aliphatic carbocycles. The Bertz CT molecular complexity index is 101. The summed E-state index contributed by atoms with van der Waals surface area (Å²) in [7, 11) is 0. The first kappa shape index (κ1) is 12.2. The van der Waals surface area contributed by atoms with E-state index in [9.17, 15) is 4.79 Å². The van der Waals surface area contributed by atoms with E-state index in [1.54, 1.807) is 0 Å². The number of carboxylic acids is 1. The number of carboxylic acid groups (broad SMARTS) is 1. The molecule has 0 aromatic heterocycles. The van der Waals surface area contributed by atoms with Crippen LogP contribution in [0.15, 0.2) is 12.7 Å². The molecule has 3 nitrogen and oxygen atoms in total. The summed E-state index contributed by atoms with van der Waals surface area (Å²) in [6.07, 6.45) is 1.43. The molecule has 2 N–H and O–H groups in total. The fourth-order valence-corrected chi connectivity index (χ4v) is 0. The highest BCUT2D eigenvalue weighted by atomic mass is 32.1. The number of aliphatic hydroxyl groups is 1. The number of aliphatic hydroxyl groups excluding tert-OH is 1. The highest BCUT2D eigenvalue weighted by Gasteiger charge is 2.00. The predicted octanol–water partition coefficient (Wildman–Crippen LogP) is 0.554. The van der Waals surface area contributed by atoms with Crippen LogP contribution in [0.4, 0.5) is 0 Å². The van der Waals surface area contributed by atoms with Gasteiger partial charge in [-0.2, -0.15) is 12.6 Å². The summed E-state index contributed by atoms with van der Waals surface area (Å²) < 4.78 is 0. The zero-order valence-electron chi connectivity index (χ0n) is 5.82. The van der Waals surface area contributed by atoms with Gasteiger partial charge in [-0.15, -0.1) is 6.58 Å². The fourth-order valence-electron chi connectivity index (χ4n) is 0. The molecule has 0 aromatic carbocycles. The SMILES string of the molecule is C=CCO.CC(S)C(=O)O. The topological polar surface area (TPSA) is 57.5 Å². The first-order valence-electron chi connectivity index (χ1n) is 2.68. The van der Waals surface area contributed by atoms with Gasteiger partial charge < -0.3 is 10.2 Å². The number of thiol groups is 1. The van der Waals surface area contributed by atoms with Crippen LogP contribution in [0.3, 0.4) is 0 Å². The predicted molar refractivity (Wildman–Crippen MR) is 43.4 cm³/mol. The van der Waals surface area contributed by atoms with E-state index in [2.05, 4.69) is 19.2 Å². The summed E-state index contributed by atoms with van der Waals surface area (Å²) >= 11 is 3.59. The van der Waals surface area contributed by atoms with Crippen molar-refractivity contribution in [3.8, 4) is 0 Å². The van der Waals surface area contributed by atoms with E-state index in [0.29, 0.717) is 0 Å². The van der Waals surface area contributed by atoms with E-state index >= 15 is 0 Å². The van der Waals surface area contributed by atoms with E-state index < -0.39 is 11.2 Å². The molecule has 0 bridgehead atoms. The van der Waals surface area contributed by atoms with Crippen LogP contribution in [0.2, 0.25) is 0 Å². The highest BCUT2D eigenvalue weighted by molar-refractivity contribution is 7.81. The normalized spacial score (nSPS) is 10.7. The minimum Gasteiger partial charge on any atom is -0.480 e. The van der Waals surface area contributed by atoms with Crippen LogP contribution in [-0.2, 0) is 4.79 Å². The Labute approximate surface area is 65.8 Å². The molecule has 1 atom stereocenters. The molecular formula is C6H12O3S. The van der Waals surface area contributed by atoms with Gasteiger partial charge in [0.25, 0.3) is 0 Å². The van der Waals surface area contributed by atoms with Crippen LogP contribution in [0.5, 0.6) is 0 Å². The summed E-state index contributed by atoms with van der Waals surface area (Å²) in [5, 5.41) is 15.1. The van der Waals surface area contributed by atoms with Gasteiger partial charge in [-0.05, 0) is 6.92 Å². The van der Waals surface area contributed by atoms with Gasteiger partial charge in [0.15, 0.2) is 0 Å². The molecule has 0 saturated heterocycles. The molecule has 0 aliphatic heterocycles. The second-order valence-corrected chi connectivity index (χ2v) is 2.26. The molecular weight excluding hydrogens is 152 g/mol. The second-order valence-electron chi connectivity index (χ2n) is 1.49. The molecule has 0 aliphatic rings. The van der Waals surface area contributed by atoms with Gasteiger partial charge in [0.05, 0.1) is 11.9 Å². The first-order chi connectivity index (χ1) is 4.56. The van der Waals surface area contributed by atoms with Crippen molar-refractivity contribution in [1.29, 1.82) is 0 Å². The average Bonchev–Trinajstić information content (AvgIpc) is 1.89. The maximum Gasteiger partial charge on any atom is 0.316 e. The average molecular weight is 164 g/mol. The van der Waals surface area contributed by atoms with Crippen molar-refractivity contribution in [2.45, 2.75) is 12.2 Å². The van der Waals surface area contributed by atoms with Gasteiger partial charge in [-0.1, -0.05) is 6.08 Å². The van der Waals surface area contributed by atoms with Gasteiger partial charge in [-0.3, -0.25) is 4.79 Å². The van der Waals surface area contributed by atoms with Crippen molar-refractivity contribution in [3.05, 3.63) is 12.7 Å². The van der Waals surface area contributed by atoms with E-state index in [0.717, 1.165) is 0 Å². The lowest BCUT2D eigenvalue weighted by molar-refractivity contribution is -0.136. The minimum absolute atomic E-state index is 0.0833. The third kappa shape index (κ3) is 15.6.